The van der Waals surface area contributed by atoms with Crippen LogP contribution in [0, 0.1) is 0 Å². The molecule has 0 spiro atoms. The minimum Gasteiger partial charge on any atom is -0.481 e. The van der Waals surface area contributed by atoms with Gasteiger partial charge >= 0.3 is 5.97 Å². The Morgan fingerprint density at radius 2 is 2.43 bits per heavy atom. The zero-order chi connectivity index (χ0) is 10.1. The summed E-state index contributed by atoms with van der Waals surface area (Å²) in [5.74, 6) is -1.29. The first-order valence-electron chi connectivity index (χ1n) is 4.33. The van der Waals surface area contributed by atoms with Crippen LogP contribution in [-0.4, -0.2) is 20.5 Å². The summed E-state index contributed by atoms with van der Waals surface area (Å²) < 4.78 is 1.85. The summed E-state index contributed by atoms with van der Waals surface area (Å²) >= 11 is 0. The molecular formula is C10H10N2O2. The van der Waals surface area contributed by atoms with Crippen molar-refractivity contribution in [3.63, 3.8) is 0 Å². The van der Waals surface area contributed by atoms with E-state index < -0.39 is 11.9 Å². The Labute approximate surface area is 80.8 Å². The standard InChI is InChI=1S/C10H10N2O2/c1-7(10(13)14)8-2-3-12-6-11-5-9(12)4-8/h2-7H,1H3,(H,13,14). The maximum absolute atomic E-state index is 10.8. The minimum atomic E-state index is -0.811. The van der Waals surface area contributed by atoms with Crippen molar-refractivity contribution >= 4 is 11.5 Å². The summed E-state index contributed by atoms with van der Waals surface area (Å²) in [6.45, 7) is 1.67. The maximum Gasteiger partial charge on any atom is 0.310 e. The molecule has 1 atom stereocenters. The molecule has 0 aromatic carbocycles. The summed E-state index contributed by atoms with van der Waals surface area (Å²) in [5, 5.41) is 8.84. The van der Waals surface area contributed by atoms with Crippen LogP contribution in [-0.2, 0) is 4.79 Å². The predicted molar refractivity (Wildman–Crippen MR) is 51.2 cm³/mol. The van der Waals surface area contributed by atoms with Gasteiger partial charge in [0.25, 0.3) is 0 Å². The normalized spacial score (nSPS) is 12.9. The fourth-order valence-corrected chi connectivity index (χ4v) is 1.35. The average Bonchev–Trinajstić information content (AvgIpc) is 2.62. The second-order valence-electron chi connectivity index (χ2n) is 3.25. The Kier molecular flexibility index (Phi) is 1.96. The van der Waals surface area contributed by atoms with E-state index in [2.05, 4.69) is 4.98 Å². The summed E-state index contributed by atoms with van der Waals surface area (Å²) in [6.07, 6.45) is 5.21. The van der Waals surface area contributed by atoms with Crippen LogP contribution in [0.15, 0.2) is 30.9 Å². The highest BCUT2D eigenvalue weighted by atomic mass is 16.4. The molecule has 4 nitrogen and oxygen atoms in total. The van der Waals surface area contributed by atoms with Crippen molar-refractivity contribution < 1.29 is 9.90 Å². The van der Waals surface area contributed by atoms with Gasteiger partial charge in [-0.1, -0.05) is 0 Å². The van der Waals surface area contributed by atoms with Crippen molar-refractivity contribution in [2.45, 2.75) is 12.8 Å². The number of fused-ring (bicyclic) bond motifs is 1. The lowest BCUT2D eigenvalue weighted by atomic mass is 10.0. The van der Waals surface area contributed by atoms with Gasteiger partial charge in [-0.15, -0.1) is 0 Å². The van der Waals surface area contributed by atoms with Crippen LogP contribution in [0.1, 0.15) is 18.4 Å². The number of hydrogen-bond donors (Lipinski definition) is 1. The van der Waals surface area contributed by atoms with Crippen molar-refractivity contribution in [3.8, 4) is 0 Å². The average molecular weight is 190 g/mol. The van der Waals surface area contributed by atoms with Gasteiger partial charge in [0.1, 0.15) is 0 Å². The summed E-state index contributed by atoms with van der Waals surface area (Å²) in [7, 11) is 0. The summed E-state index contributed by atoms with van der Waals surface area (Å²) in [4.78, 5) is 14.7. The molecule has 1 N–H and O–H groups in total. The van der Waals surface area contributed by atoms with E-state index >= 15 is 0 Å². The molecule has 0 amide bonds. The van der Waals surface area contributed by atoms with E-state index in [1.54, 1.807) is 25.5 Å². The van der Waals surface area contributed by atoms with Crippen LogP contribution in [0.3, 0.4) is 0 Å². The number of hydrogen-bond acceptors (Lipinski definition) is 2. The van der Waals surface area contributed by atoms with Crippen molar-refractivity contribution in [2.24, 2.45) is 0 Å². The van der Waals surface area contributed by atoms with E-state index in [0.717, 1.165) is 11.1 Å². The highest BCUT2D eigenvalue weighted by Crippen LogP contribution is 2.16. The molecule has 0 aliphatic carbocycles. The smallest absolute Gasteiger partial charge is 0.310 e. The van der Waals surface area contributed by atoms with E-state index in [0.29, 0.717) is 0 Å². The first-order valence-corrected chi connectivity index (χ1v) is 4.33. The fourth-order valence-electron chi connectivity index (χ4n) is 1.35. The van der Waals surface area contributed by atoms with Gasteiger partial charge < -0.3 is 9.51 Å². The number of imidazole rings is 1. The number of rotatable bonds is 2. The van der Waals surface area contributed by atoms with Crippen LogP contribution >= 0.6 is 0 Å². The van der Waals surface area contributed by atoms with Gasteiger partial charge in [-0.3, -0.25) is 4.79 Å². The number of carboxylic acid groups (broad SMARTS) is 1. The van der Waals surface area contributed by atoms with Crippen LogP contribution in [0.25, 0.3) is 5.52 Å². The maximum atomic E-state index is 10.8. The van der Waals surface area contributed by atoms with Crippen molar-refractivity contribution in [1.82, 2.24) is 9.38 Å². The molecule has 0 saturated heterocycles. The predicted octanol–water partition coefficient (Wildman–Crippen LogP) is 1.52. The number of nitrogens with zero attached hydrogens (tertiary/aromatic N) is 2. The lowest BCUT2D eigenvalue weighted by molar-refractivity contribution is -0.138. The van der Waals surface area contributed by atoms with Gasteiger partial charge in [0.05, 0.1) is 24.0 Å². The molecule has 0 saturated carbocycles. The van der Waals surface area contributed by atoms with Crippen LogP contribution in [0.2, 0.25) is 0 Å². The third kappa shape index (κ3) is 1.35. The highest BCUT2D eigenvalue weighted by molar-refractivity contribution is 5.76. The first-order chi connectivity index (χ1) is 6.68. The second kappa shape index (κ2) is 3.14. The minimum absolute atomic E-state index is 0.477. The summed E-state index contributed by atoms with van der Waals surface area (Å²) in [6, 6.07) is 3.64. The van der Waals surface area contributed by atoms with Gasteiger partial charge in [-0.2, -0.15) is 0 Å². The molecule has 2 heterocycles. The third-order valence-electron chi connectivity index (χ3n) is 2.31. The SMILES string of the molecule is CC(C(=O)O)c1ccn2cncc2c1. The number of aromatic nitrogens is 2. The van der Waals surface area contributed by atoms with E-state index in [1.807, 2.05) is 16.7 Å². The molecule has 0 aliphatic heterocycles. The number of aliphatic carboxylic acids is 1. The van der Waals surface area contributed by atoms with Crippen LogP contribution in [0.4, 0.5) is 0 Å². The van der Waals surface area contributed by atoms with Crippen molar-refractivity contribution in [1.29, 1.82) is 0 Å². The Morgan fingerprint density at radius 1 is 1.64 bits per heavy atom. The van der Waals surface area contributed by atoms with E-state index in [-0.39, 0.29) is 0 Å². The molecular weight excluding hydrogens is 180 g/mol. The number of carbonyl (C=O) groups is 1. The van der Waals surface area contributed by atoms with Gasteiger partial charge in [0, 0.05) is 6.20 Å². The lowest BCUT2D eigenvalue weighted by Crippen LogP contribution is -2.07. The van der Waals surface area contributed by atoms with Crippen molar-refractivity contribution in [3.05, 3.63) is 36.4 Å². The third-order valence-corrected chi connectivity index (χ3v) is 2.31. The van der Waals surface area contributed by atoms with E-state index in [4.69, 9.17) is 5.11 Å². The van der Waals surface area contributed by atoms with Crippen LogP contribution < -0.4 is 0 Å². The molecule has 0 fully saturated rings. The van der Waals surface area contributed by atoms with Gasteiger partial charge in [0.15, 0.2) is 0 Å². The number of carboxylic acids is 1. The van der Waals surface area contributed by atoms with Gasteiger partial charge in [0.2, 0.25) is 0 Å². The van der Waals surface area contributed by atoms with Gasteiger partial charge in [-0.05, 0) is 24.6 Å². The fraction of sp³-hybridized carbons (Fsp3) is 0.200. The Bertz CT molecular complexity index is 476. The molecule has 0 radical (unpaired) electrons. The molecule has 4 heteroatoms. The zero-order valence-electron chi connectivity index (χ0n) is 7.71. The highest BCUT2D eigenvalue weighted by Gasteiger charge is 2.13. The molecule has 72 valence electrons. The largest absolute Gasteiger partial charge is 0.481 e. The summed E-state index contributed by atoms with van der Waals surface area (Å²) in [5.41, 5.74) is 1.71. The topological polar surface area (TPSA) is 54.6 Å². The second-order valence-corrected chi connectivity index (χ2v) is 3.25. The molecule has 0 bridgehead atoms. The molecule has 0 aliphatic rings. The van der Waals surface area contributed by atoms with Crippen LogP contribution in [0.5, 0.6) is 0 Å². The molecule has 14 heavy (non-hydrogen) atoms. The molecule has 2 aromatic heterocycles. The van der Waals surface area contributed by atoms with Gasteiger partial charge in [-0.25, -0.2) is 4.98 Å². The zero-order valence-corrected chi connectivity index (χ0v) is 7.71. The van der Waals surface area contributed by atoms with E-state index in [1.165, 1.54) is 0 Å². The lowest BCUT2D eigenvalue weighted by Gasteiger charge is -2.06. The molecule has 2 rings (SSSR count). The Hall–Kier alpha value is -1.84. The van der Waals surface area contributed by atoms with E-state index in [9.17, 15) is 4.79 Å². The number of pyridine rings is 1. The van der Waals surface area contributed by atoms with Crippen molar-refractivity contribution in [2.75, 3.05) is 0 Å². The quantitative estimate of drug-likeness (QED) is 0.781. The Balaban J connectivity index is 2.48. The molecule has 2 aromatic rings. The first kappa shape index (κ1) is 8.74. The monoisotopic (exact) mass is 190 g/mol. The Morgan fingerprint density at radius 3 is 3.14 bits per heavy atom. The molecule has 1 unspecified atom stereocenters.